The molecule has 19 heavy (non-hydrogen) atoms. The van der Waals surface area contributed by atoms with Gasteiger partial charge in [-0.3, -0.25) is 0 Å². The van der Waals surface area contributed by atoms with Crippen molar-refractivity contribution in [3.63, 3.8) is 0 Å². The summed E-state index contributed by atoms with van der Waals surface area (Å²) in [6.07, 6.45) is 0. The zero-order valence-corrected chi connectivity index (χ0v) is 11.0. The van der Waals surface area contributed by atoms with Gasteiger partial charge in [0.1, 0.15) is 6.61 Å². The normalized spacial score (nSPS) is 9.89. The fourth-order valence-electron chi connectivity index (χ4n) is 1.49. The van der Waals surface area contributed by atoms with Crippen LogP contribution in [0.25, 0.3) is 0 Å². The Bertz CT molecular complexity index is 441. The third kappa shape index (κ3) is 6.55. The van der Waals surface area contributed by atoms with Crippen LogP contribution in [0.15, 0.2) is 24.3 Å². The third-order valence-electron chi connectivity index (χ3n) is 2.33. The maximum Gasteiger partial charge on any atom is 0.332 e. The van der Waals surface area contributed by atoms with Crippen molar-refractivity contribution in [2.75, 3.05) is 26.4 Å². The zero-order valence-electron chi connectivity index (χ0n) is 11.0. The van der Waals surface area contributed by atoms with Crippen LogP contribution in [-0.4, -0.2) is 32.3 Å². The molecule has 102 valence electrons. The molecule has 0 aliphatic rings. The Labute approximate surface area is 113 Å². The van der Waals surface area contributed by atoms with E-state index in [0.717, 1.165) is 5.56 Å². The molecule has 0 heterocycles. The van der Waals surface area contributed by atoms with Gasteiger partial charge in [-0.2, -0.15) is 5.26 Å². The number of rotatable bonds is 8. The number of nitriles is 1. The molecule has 0 aliphatic heterocycles. The Hall–Kier alpha value is -1.90. The molecular formula is C14H18N2O3. The van der Waals surface area contributed by atoms with Crippen LogP contribution in [0.2, 0.25) is 0 Å². The molecule has 5 nitrogen and oxygen atoms in total. The minimum Gasteiger partial charge on any atom is -0.464 e. The van der Waals surface area contributed by atoms with Crippen LogP contribution in [-0.2, 0) is 20.8 Å². The number of hydrogen-bond donors (Lipinski definition) is 1. The molecule has 0 amide bonds. The Morgan fingerprint density at radius 1 is 1.47 bits per heavy atom. The summed E-state index contributed by atoms with van der Waals surface area (Å²) >= 11 is 0. The van der Waals surface area contributed by atoms with E-state index in [4.69, 9.17) is 14.7 Å². The molecule has 0 aliphatic carbocycles. The van der Waals surface area contributed by atoms with Gasteiger partial charge in [0, 0.05) is 13.1 Å². The van der Waals surface area contributed by atoms with Crippen molar-refractivity contribution in [1.82, 2.24) is 5.32 Å². The summed E-state index contributed by atoms with van der Waals surface area (Å²) in [7, 11) is 0. The van der Waals surface area contributed by atoms with Crippen molar-refractivity contribution in [1.29, 1.82) is 5.26 Å². The number of nitrogens with one attached hydrogen (secondary N) is 1. The van der Waals surface area contributed by atoms with Crippen LogP contribution < -0.4 is 5.32 Å². The lowest BCUT2D eigenvalue weighted by Crippen LogP contribution is -2.21. The quantitative estimate of drug-likeness (QED) is 0.563. The SMILES string of the molecule is CCOC(=O)COCCNCc1cccc(C#N)c1. The largest absolute Gasteiger partial charge is 0.464 e. The van der Waals surface area contributed by atoms with Crippen molar-refractivity contribution < 1.29 is 14.3 Å². The maximum atomic E-state index is 11.0. The number of hydrogen-bond acceptors (Lipinski definition) is 5. The Morgan fingerprint density at radius 3 is 3.05 bits per heavy atom. The van der Waals surface area contributed by atoms with Crippen LogP contribution >= 0.6 is 0 Å². The molecule has 0 bridgehead atoms. The number of nitrogens with zero attached hydrogens (tertiary/aromatic N) is 1. The second-order valence-electron chi connectivity index (χ2n) is 3.85. The Balaban J connectivity index is 2.11. The summed E-state index contributed by atoms with van der Waals surface area (Å²) in [6.45, 7) is 3.86. The van der Waals surface area contributed by atoms with Crippen LogP contribution in [0.4, 0.5) is 0 Å². The van der Waals surface area contributed by atoms with E-state index in [-0.39, 0.29) is 12.6 Å². The molecule has 5 heteroatoms. The van der Waals surface area contributed by atoms with Gasteiger partial charge >= 0.3 is 5.97 Å². The van der Waals surface area contributed by atoms with Gasteiger partial charge in [0.05, 0.1) is 24.8 Å². The first-order chi connectivity index (χ1) is 9.26. The van der Waals surface area contributed by atoms with Crippen LogP contribution in [0.5, 0.6) is 0 Å². The van der Waals surface area contributed by atoms with Gasteiger partial charge in [-0.1, -0.05) is 12.1 Å². The first-order valence-corrected chi connectivity index (χ1v) is 6.19. The Morgan fingerprint density at radius 2 is 2.32 bits per heavy atom. The average molecular weight is 262 g/mol. The van der Waals surface area contributed by atoms with E-state index >= 15 is 0 Å². The second kappa shape index (κ2) is 9.09. The minimum absolute atomic E-state index is 0.0144. The predicted octanol–water partition coefficient (Wildman–Crippen LogP) is 1.23. The fraction of sp³-hybridized carbons (Fsp3) is 0.429. The van der Waals surface area contributed by atoms with E-state index in [1.165, 1.54) is 0 Å². The number of esters is 1. The second-order valence-corrected chi connectivity index (χ2v) is 3.85. The zero-order chi connectivity index (χ0) is 13.9. The lowest BCUT2D eigenvalue weighted by Gasteiger charge is -2.06. The molecule has 0 aromatic heterocycles. The summed E-state index contributed by atoms with van der Waals surface area (Å²) < 4.78 is 9.87. The van der Waals surface area contributed by atoms with Crippen molar-refractivity contribution in [2.24, 2.45) is 0 Å². The molecule has 1 rings (SSSR count). The summed E-state index contributed by atoms with van der Waals surface area (Å²) in [5, 5.41) is 11.9. The molecule has 0 unspecified atom stereocenters. The van der Waals surface area contributed by atoms with E-state index < -0.39 is 0 Å². The van der Waals surface area contributed by atoms with Gasteiger partial charge in [-0.05, 0) is 24.6 Å². The van der Waals surface area contributed by atoms with Crippen molar-refractivity contribution in [3.8, 4) is 6.07 Å². The topological polar surface area (TPSA) is 71.3 Å². The van der Waals surface area contributed by atoms with Crippen molar-refractivity contribution in [3.05, 3.63) is 35.4 Å². The van der Waals surface area contributed by atoms with Gasteiger partial charge in [0.15, 0.2) is 0 Å². The molecule has 0 atom stereocenters. The van der Waals surface area contributed by atoms with Gasteiger partial charge in [-0.15, -0.1) is 0 Å². The van der Waals surface area contributed by atoms with E-state index in [1.54, 1.807) is 13.0 Å². The highest BCUT2D eigenvalue weighted by Gasteiger charge is 2.00. The molecule has 0 spiro atoms. The summed E-state index contributed by atoms with van der Waals surface area (Å²) in [6, 6.07) is 9.51. The Kier molecular flexibility index (Phi) is 7.25. The molecule has 0 saturated heterocycles. The van der Waals surface area contributed by atoms with Gasteiger partial charge in [0.25, 0.3) is 0 Å². The molecule has 1 aromatic rings. The molecule has 0 radical (unpaired) electrons. The van der Waals surface area contributed by atoms with E-state index in [9.17, 15) is 4.79 Å². The molecule has 0 saturated carbocycles. The summed E-state index contributed by atoms with van der Waals surface area (Å²) in [4.78, 5) is 11.0. The lowest BCUT2D eigenvalue weighted by atomic mass is 10.1. The number of ether oxygens (including phenoxy) is 2. The molecular weight excluding hydrogens is 244 g/mol. The molecule has 1 aromatic carbocycles. The molecule has 1 N–H and O–H groups in total. The third-order valence-corrected chi connectivity index (χ3v) is 2.33. The van der Waals surface area contributed by atoms with Crippen molar-refractivity contribution >= 4 is 5.97 Å². The van der Waals surface area contributed by atoms with E-state index in [0.29, 0.717) is 31.9 Å². The van der Waals surface area contributed by atoms with Crippen molar-refractivity contribution in [2.45, 2.75) is 13.5 Å². The minimum atomic E-state index is -0.343. The number of carbonyl (C=O) groups is 1. The smallest absolute Gasteiger partial charge is 0.332 e. The number of benzene rings is 1. The number of carbonyl (C=O) groups excluding carboxylic acids is 1. The highest BCUT2D eigenvalue weighted by atomic mass is 16.6. The summed E-state index contributed by atoms with van der Waals surface area (Å²) in [5.41, 5.74) is 1.70. The van der Waals surface area contributed by atoms with Crippen LogP contribution in [0, 0.1) is 11.3 Å². The predicted molar refractivity (Wildman–Crippen MR) is 70.3 cm³/mol. The van der Waals surface area contributed by atoms with Crippen LogP contribution in [0.1, 0.15) is 18.1 Å². The first kappa shape index (κ1) is 15.2. The highest BCUT2D eigenvalue weighted by Crippen LogP contribution is 2.03. The van der Waals surface area contributed by atoms with Gasteiger partial charge in [0.2, 0.25) is 0 Å². The molecule has 0 fully saturated rings. The summed E-state index contributed by atoms with van der Waals surface area (Å²) in [5.74, 6) is -0.343. The van der Waals surface area contributed by atoms with E-state index in [2.05, 4.69) is 11.4 Å². The lowest BCUT2D eigenvalue weighted by molar-refractivity contribution is -0.148. The maximum absolute atomic E-state index is 11.0. The van der Waals surface area contributed by atoms with Crippen LogP contribution in [0.3, 0.4) is 0 Å². The fourth-order valence-corrected chi connectivity index (χ4v) is 1.49. The van der Waals surface area contributed by atoms with E-state index in [1.807, 2.05) is 18.2 Å². The van der Waals surface area contributed by atoms with Gasteiger partial charge in [-0.25, -0.2) is 4.79 Å². The highest BCUT2D eigenvalue weighted by molar-refractivity contribution is 5.70. The monoisotopic (exact) mass is 262 g/mol. The standard InChI is InChI=1S/C14H18N2O3/c1-2-19-14(17)11-18-7-6-16-10-13-5-3-4-12(8-13)9-15/h3-5,8,16H,2,6-7,10-11H2,1H3. The van der Waals surface area contributed by atoms with Gasteiger partial charge < -0.3 is 14.8 Å². The first-order valence-electron chi connectivity index (χ1n) is 6.19. The average Bonchev–Trinajstić information content (AvgIpc) is 2.43.